The van der Waals surface area contributed by atoms with Crippen LogP contribution < -0.4 is 5.56 Å². The number of nitrogens with one attached hydrogen (secondary N) is 1. The predicted molar refractivity (Wildman–Crippen MR) is 56.4 cm³/mol. The van der Waals surface area contributed by atoms with E-state index in [2.05, 4.69) is 14.7 Å². The van der Waals surface area contributed by atoms with Crippen molar-refractivity contribution in [2.45, 2.75) is 13.3 Å². The minimum Gasteiger partial charge on any atom is -0.465 e. The molecule has 0 aliphatic heterocycles. The molecule has 1 aromatic heterocycles. The third kappa shape index (κ3) is 3.16. The van der Waals surface area contributed by atoms with E-state index in [0.29, 0.717) is 25.5 Å². The fourth-order valence-corrected chi connectivity index (χ4v) is 1.13. The quantitative estimate of drug-likeness (QED) is 0.570. The molecule has 0 aliphatic rings. The van der Waals surface area contributed by atoms with Crippen molar-refractivity contribution < 1.29 is 14.3 Å². The van der Waals surface area contributed by atoms with Gasteiger partial charge in [-0.3, -0.25) is 4.79 Å². The Balaban J connectivity index is 2.75. The van der Waals surface area contributed by atoms with Crippen LogP contribution in [-0.4, -0.2) is 36.3 Å². The first-order valence-electron chi connectivity index (χ1n) is 4.93. The highest BCUT2D eigenvalue weighted by Gasteiger charge is 2.11. The number of aromatic amines is 1. The number of esters is 1. The fraction of sp³-hybridized carbons (Fsp3) is 0.500. The van der Waals surface area contributed by atoms with Gasteiger partial charge < -0.3 is 14.5 Å². The van der Waals surface area contributed by atoms with Gasteiger partial charge in [0, 0.05) is 19.2 Å². The second-order valence-electron chi connectivity index (χ2n) is 3.01. The maximum Gasteiger partial charge on any atom is 0.345 e. The second kappa shape index (κ2) is 6.02. The Morgan fingerprint density at radius 3 is 2.88 bits per heavy atom. The largest absolute Gasteiger partial charge is 0.465 e. The average Bonchev–Trinajstić information content (AvgIpc) is 2.29. The molecular weight excluding hydrogens is 212 g/mol. The van der Waals surface area contributed by atoms with E-state index in [1.165, 1.54) is 13.3 Å². The van der Waals surface area contributed by atoms with Gasteiger partial charge in [0.1, 0.15) is 11.4 Å². The number of aromatic nitrogens is 2. The minimum absolute atomic E-state index is 0.0948. The SMILES string of the molecule is CCOCCc1ncc(C(=O)OC)c(=O)[nH]1. The molecule has 6 heteroatoms. The zero-order valence-corrected chi connectivity index (χ0v) is 9.28. The van der Waals surface area contributed by atoms with Crippen molar-refractivity contribution in [1.82, 2.24) is 9.97 Å². The highest BCUT2D eigenvalue weighted by Crippen LogP contribution is 1.94. The van der Waals surface area contributed by atoms with Crippen molar-refractivity contribution in [1.29, 1.82) is 0 Å². The number of H-pyrrole nitrogens is 1. The van der Waals surface area contributed by atoms with Crippen LogP contribution in [0, 0.1) is 0 Å². The number of hydrogen-bond donors (Lipinski definition) is 1. The minimum atomic E-state index is -0.690. The van der Waals surface area contributed by atoms with Crippen LogP contribution in [0.5, 0.6) is 0 Å². The van der Waals surface area contributed by atoms with E-state index in [-0.39, 0.29) is 5.56 Å². The van der Waals surface area contributed by atoms with Gasteiger partial charge in [-0.05, 0) is 6.92 Å². The van der Waals surface area contributed by atoms with Gasteiger partial charge in [-0.15, -0.1) is 0 Å². The van der Waals surface area contributed by atoms with E-state index in [1.54, 1.807) is 0 Å². The fourth-order valence-electron chi connectivity index (χ4n) is 1.13. The van der Waals surface area contributed by atoms with Crippen LogP contribution in [0.15, 0.2) is 11.0 Å². The molecule has 0 saturated heterocycles. The van der Waals surface area contributed by atoms with Crippen molar-refractivity contribution in [3.8, 4) is 0 Å². The zero-order valence-electron chi connectivity index (χ0n) is 9.28. The monoisotopic (exact) mass is 226 g/mol. The van der Waals surface area contributed by atoms with E-state index in [9.17, 15) is 9.59 Å². The van der Waals surface area contributed by atoms with Crippen molar-refractivity contribution in [3.05, 3.63) is 27.9 Å². The van der Waals surface area contributed by atoms with Gasteiger partial charge in [0.05, 0.1) is 13.7 Å². The number of nitrogens with zero attached hydrogens (tertiary/aromatic N) is 1. The normalized spacial score (nSPS) is 10.1. The van der Waals surface area contributed by atoms with Crippen LogP contribution in [0.2, 0.25) is 0 Å². The van der Waals surface area contributed by atoms with Crippen LogP contribution in [-0.2, 0) is 15.9 Å². The van der Waals surface area contributed by atoms with Crippen molar-refractivity contribution in [3.63, 3.8) is 0 Å². The molecule has 1 aromatic rings. The van der Waals surface area contributed by atoms with Gasteiger partial charge in [0.2, 0.25) is 0 Å². The van der Waals surface area contributed by atoms with E-state index in [4.69, 9.17) is 4.74 Å². The van der Waals surface area contributed by atoms with Crippen molar-refractivity contribution in [2.75, 3.05) is 20.3 Å². The molecular formula is C10H14N2O4. The summed E-state index contributed by atoms with van der Waals surface area (Å²) in [5.74, 6) is -0.198. The summed E-state index contributed by atoms with van der Waals surface area (Å²) in [5.41, 5.74) is -0.587. The lowest BCUT2D eigenvalue weighted by molar-refractivity contribution is 0.0598. The number of carbonyl (C=O) groups excluding carboxylic acids is 1. The smallest absolute Gasteiger partial charge is 0.345 e. The van der Waals surface area contributed by atoms with E-state index in [0.717, 1.165) is 0 Å². The number of hydrogen-bond acceptors (Lipinski definition) is 5. The van der Waals surface area contributed by atoms with Crippen LogP contribution in [0.3, 0.4) is 0 Å². The summed E-state index contributed by atoms with van der Waals surface area (Å²) in [6.45, 7) is 2.98. The molecule has 0 saturated carbocycles. The zero-order chi connectivity index (χ0) is 12.0. The molecule has 0 fully saturated rings. The summed E-state index contributed by atoms with van der Waals surface area (Å²) in [7, 11) is 1.21. The van der Waals surface area contributed by atoms with Gasteiger partial charge in [-0.25, -0.2) is 9.78 Å². The Labute approximate surface area is 92.6 Å². The number of ether oxygens (including phenoxy) is 2. The molecule has 88 valence electrons. The van der Waals surface area contributed by atoms with Gasteiger partial charge in [-0.2, -0.15) is 0 Å². The topological polar surface area (TPSA) is 81.3 Å². The molecule has 1 heterocycles. The third-order valence-corrected chi connectivity index (χ3v) is 1.94. The maximum atomic E-state index is 11.4. The van der Waals surface area contributed by atoms with E-state index >= 15 is 0 Å². The molecule has 0 radical (unpaired) electrons. The first-order chi connectivity index (χ1) is 7.69. The summed E-state index contributed by atoms with van der Waals surface area (Å²) in [4.78, 5) is 29.0. The molecule has 0 aromatic carbocycles. The number of rotatable bonds is 5. The molecule has 0 atom stereocenters. The summed E-state index contributed by atoms with van der Waals surface area (Å²) in [6.07, 6.45) is 1.72. The van der Waals surface area contributed by atoms with Crippen LogP contribution >= 0.6 is 0 Å². The van der Waals surface area contributed by atoms with Crippen LogP contribution in [0.4, 0.5) is 0 Å². The molecule has 0 amide bonds. The number of methoxy groups -OCH3 is 1. The molecule has 0 aliphatic carbocycles. The molecule has 0 spiro atoms. The molecule has 1 rings (SSSR count). The molecule has 0 unspecified atom stereocenters. The van der Waals surface area contributed by atoms with Gasteiger partial charge in [0.15, 0.2) is 0 Å². The molecule has 1 N–H and O–H groups in total. The first kappa shape index (κ1) is 12.4. The summed E-state index contributed by atoms with van der Waals surface area (Å²) >= 11 is 0. The average molecular weight is 226 g/mol. The maximum absolute atomic E-state index is 11.4. The van der Waals surface area contributed by atoms with Crippen LogP contribution in [0.1, 0.15) is 23.1 Å². The first-order valence-corrected chi connectivity index (χ1v) is 4.93. The lowest BCUT2D eigenvalue weighted by Crippen LogP contribution is -2.21. The highest BCUT2D eigenvalue weighted by atomic mass is 16.5. The number of carbonyl (C=O) groups is 1. The Hall–Kier alpha value is -1.69. The van der Waals surface area contributed by atoms with Crippen molar-refractivity contribution >= 4 is 5.97 Å². The molecule has 6 nitrogen and oxygen atoms in total. The standard InChI is InChI=1S/C10H14N2O4/c1-3-16-5-4-8-11-6-7(9(13)12-8)10(14)15-2/h6H,3-5H2,1-2H3,(H,11,12,13). The molecule has 16 heavy (non-hydrogen) atoms. The lowest BCUT2D eigenvalue weighted by Gasteiger charge is -2.02. The summed E-state index contributed by atoms with van der Waals surface area (Å²) < 4.78 is 9.55. The Kier molecular flexibility index (Phi) is 4.65. The van der Waals surface area contributed by atoms with Crippen LogP contribution in [0.25, 0.3) is 0 Å². The Bertz CT molecular complexity index is 414. The van der Waals surface area contributed by atoms with E-state index in [1.807, 2.05) is 6.92 Å². The second-order valence-corrected chi connectivity index (χ2v) is 3.01. The Morgan fingerprint density at radius 1 is 1.56 bits per heavy atom. The summed E-state index contributed by atoms with van der Waals surface area (Å²) in [6, 6.07) is 0. The predicted octanol–water partition coefficient (Wildman–Crippen LogP) is 0.136. The third-order valence-electron chi connectivity index (χ3n) is 1.94. The van der Waals surface area contributed by atoms with Gasteiger partial charge in [-0.1, -0.05) is 0 Å². The van der Waals surface area contributed by atoms with Gasteiger partial charge in [0.25, 0.3) is 5.56 Å². The highest BCUT2D eigenvalue weighted by molar-refractivity contribution is 5.88. The Morgan fingerprint density at radius 2 is 2.31 bits per heavy atom. The summed E-state index contributed by atoms with van der Waals surface area (Å²) in [5, 5.41) is 0. The lowest BCUT2D eigenvalue weighted by atomic mass is 10.3. The van der Waals surface area contributed by atoms with Gasteiger partial charge >= 0.3 is 5.97 Å². The van der Waals surface area contributed by atoms with E-state index < -0.39 is 11.5 Å². The molecule has 0 bridgehead atoms. The van der Waals surface area contributed by atoms with Crippen molar-refractivity contribution in [2.24, 2.45) is 0 Å².